The minimum absolute atomic E-state index is 0.0324. The van der Waals surface area contributed by atoms with Gasteiger partial charge in [-0.3, -0.25) is 4.79 Å². The number of aliphatic hydroxyl groups excluding tert-OH is 1. The molecule has 0 aromatic carbocycles. The van der Waals surface area contributed by atoms with Crippen LogP contribution in [0.5, 0.6) is 0 Å². The third-order valence-corrected chi connectivity index (χ3v) is 4.16. The lowest BCUT2D eigenvalue weighted by molar-refractivity contribution is -0.136. The molecule has 1 saturated carbocycles. The zero-order chi connectivity index (χ0) is 13.0. The molecule has 1 heterocycles. The maximum atomic E-state index is 12.3. The van der Waals surface area contributed by atoms with Crippen LogP contribution in [0.15, 0.2) is 0 Å². The van der Waals surface area contributed by atoms with Gasteiger partial charge in [-0.15, -0.1) is 0 Å². The van der Waals surface area contributed by atoms with Crippen molar-refractivity contribution >= 4 is 5.91 Å². The topological polar surface area (TPSA) is 52.6 Å². The highest BCUT2D eigenvalue weighted by molar-refractivity contribution is 5.82. The molecule has 18 heavy (non-hydrogen) atoms. The standard InChI is InChI=1S/C14H26N2O2/c1-2-7-15-13-4-3-8-16(14(13)18)10-11-5-6-12(17)9-11/h11-13,15,17H,2-10H2,1H3. The van der Waals surface area contributed by atoms with Crippen LogP contribution in [0.1, 0.15) is 45.4 Å². The van der Waals surface area contributed by atoms with Gasteiger partial charge < -0.3 is 15.3 Å². The van der Waals surface area contributed by atoms with Crippen LogP contribution >= 0.6 is 0 Å². The molecule has 0 bridgehead atoms. The van der Waals surface area contributed by atoms with E-state index in [1.165, 1.54) is 0 Å². The highest BCUT2D eigenvalue weighted by atomic mass is 16.3. The highest BCUT2D eigenvalue weighted by Crippen LogP contribution is 2.27. The van der Waals surface area contributed by atoms with E-state index in [-0.39, 0.29) is 18.1 Å². The summed E-state index contributed by atoms with van der Waals surface area (Å²) in [5, 5.41) is 12.9. The first-order valence-electron chi connectivity index (χ1n) is 7.41. The number of nitrogens with one attached hydrogen (secondary N) is 1. The molecule has 2 N–H and O–H groups in total. The normalized spacial score (nSPS) is 33.1. The number of carbonyl (C=O) groups is 1. The van der Waals surface area contributed by atoms with Gasteiger partial charge in [0.25, 0.3) is 0 Å². The second-order valence-corrected chi connectivity index (χ2v) is 5.77. The summed E-state index contributed by atoms with van der Waals surface area (Å²) in [4.78, 5) is 14.3. The summed E-state index contributed by atoms with van der Waals surface area (Å²) in [6, 6.07) is 0.0324. The molecule has 4 nitrogen and oxygen atoms in total. The van der Waals surface area contributed by atoms with Gasteiger partial charge in [0.05, 0.1) is 12.1 Å². The largest absolute Gasteiger partial charge is 0.393 e. The molecular formula is C14H26N2O2. The number of hydrogen-bond donors (Lipinski definition) is 2. The van der Waals surface area contributed by atoms with E-state index in [2.05, 4.69) is 12.2 Å². The molecule has 1 amide bonds. The van der Waals surface area contributed by atoms with Crippen molar-refractivity contribution in [3.63, 3.8) is 0 Å². The Balaban J connectivity index is 1.82. The van der Waals surface area contributed by atoms with Crippen molar-refractivity contribution in [3.05, 3.63) is 0 Å². The highest BCUT2D eigenvalue weighted by Gasteiger charge is 2.31. The smallest absolute Gasteiger partial charge is 0.239 e. The lowest BCUT2D eigenvalue weighted by atomic mass is 10.0. The van der Waals surface area contributed by atoms with Crippen LogP contribution in [-0.2, 0) is 4.79 Å². The fourth-order valence-electron chi connectivity index (χ4n) is 3.16. The Bertz CT molecular complexity index is 283. The minimum atomic E-state index is -0.135. The van der Waals surface area contributed by atoms with Crippen molar-refractivity contribution in [1.82, 2.24) is 10.2 Å². The minimum Gasteiger partial charge on any atom is -0.393 e. The third-order valence-electron chi connectivity index (χ3n) is 4.16. The number of piperidine rings is 1. The summed E-state index contributed by atoms with van der Waals surface area (Å²) >= 11 is 0. The second-order valence-electron chi connectivity index (χ2n) is 5.77. The SMILES string of the molecule is CCCNC1CCCN(CC2CCC(O)C2)C1=O. The summed E-state index contributed by atoms with van der Waals surface area (Å²) in [6.45, 7) is 4.79. The number of likely N-dealkylation sites (tertiary alicyclic amines) is 1. The summed E-state index contributed by atoms with van der Waals surface area (Å²) in [6.07, 6.45) is 5.85. The van der Waals surface area contributed by atoms with Crippen LogP contribution in [0.4, 0.5) is 0 Å². The molecule has 0 aromatic rings. The molecule has 2 fully saturated rings. The quantitative estimate of drug-likeness (QED) is 0.773. The van der Waals surface area contributed by atoms with Gasteiger partial charge in [-0.05, 0) is 51.0 Å². The van der Waals surface area contributed by atoms with E-state index in [1.54, 1.807) is 0 Å². The van der Waals surface area contributed by atoms with E-state index in [0.717, 1.165) is 58.2 Å². The van der Waals surface area contributed by atoms with Crippen molar-refractivity contribution in [1.29, 1.82) is 0 Å². The van der Waals surface area contributed by atoms with Crippen molar-refractivity contribution < 1.29 is 9.90 Å². The predicted octanol–water partition coefficient (Wildman–Crippen LogP) is 1.14. The molecular weight excluding hydrogens is 228 g/mol. The maximum Gasteiger partial charge on any atom is 0.239 e. The molecule has 1 aliphatic carbocycles. The van der Waals surface area contributed by atoms with E-state index in [0.29, 0.717) is 5.92 Å². The monoisotopic (exact) mass is 254 g/mol. The predicted molar refractivity (Wildman–Crippen MR) is 71.2 cm³/mol. The zero-order valence-electron chi connectivity index (χ0n) is 11.4. The Labute approximate surface area is 110 Å². The van der Waals surface area contributed by atoms with E-state index in [1.807, 2.05) is 4.90 Å². The number of aliphatic hydroxyl groups is 1. The van der Waals surface area contributed by atoms with Gasteiger partial charge in [0, 0.05) is 13.1 Å². The maximum absolute atomic E-state index is 12.3. The van der Waals surface area contributed by atoms with Crippen LogP contribution in [0.25, 0.3) is 0 Å². The molecule has 0 spiro atoms. The fraction of sp³-hybridized carbons (Fsp3) is 0.929. The number of nitrogens with zero attached hydrogens (tertiary/aromatic N) is 1. The van der Waals surface area contributed by atoms with Crippen molar-refractivity contribution in [2.24, 2.45) is 5.92 Å². The zero-order valence-corrected chi connectivity index (χ0v) is 11.4. The van der Waals surface area contributed by atoms with E-state index < -0.39 is 0 Å². The van der Waals surface area contributed by atoms with Crippen molar-refractivity contribution in [2.75, 3.05) is 19.6 Å². The molecule has 1 aliphatic heterocycles. The number of carbonyl (C=O) groups excluding carboxylic acids is 1. The molecule has 3 unspecified atom stereocenters. The van der Waals surface area contributed by atoms with E-state index in [4.69, 9.17) is 0 Å². The summed E-state index contributed by atoms with van der Waals surface area (Å²) in [5.74, 6) is 0.782. The lowest BCUT2D eigenvalue weighted by Gasteiger charge is -2.34. The average molecular weight is 254 g/mol. The Morgan fingerprint density at radius 2 is 2.22 bits per heavy atom. The van der Waals surface area contributed by atoms with E-state index >= 15 is 0 Å². The van der Waals surface area contributed by atoms with Crippen LogP contribution in [0, 0.1) is 5.92 Å². The van der Waals surface area contributed by atoms with Gasteiger partial charge >= 0.3 is 0 Å². The van der Waals surface area contributed by atoms with Gasteiger partial charge in [-0.1, -0.05) is 6.92 Å². The van der Waals surface area contributed by atoms with E-state index in [9.17, 15) is 9.90 Å². The Kier molecular flexibility index (Phi) is 5.01. The van der Waals surface area contributed by atoms with Gasteiger partial charge in [0.15, 0.2) is 0 Å². The van der Waals surface area contributed by atoms with Gasteiger partial charge in [0.2, 0.25) is 5.91 Å². The number of rotatable bonds is 5. The molecule has 2 rings (SSSR count). The molecule has 0 radical (unpaired) electrons. The second kappa shape index (κ2) is 6.53. The van der Waals surface area contributed by atoms with Gasteiger partial charge in [-0.25, -0.2) is 0 Å². The lowest BCUT2D eigenvalue weighted by Crippen LogP contribution is -2.51. The van der Waals surface area contributed by atoms with Crippen LogP contribution in [0.2, 0.25) is 0 Å². The molecule has 3 atom stereocenters. The third kappa shape index (κ3) is 3.45. The fourth-order valence-corrected chi connectivity index (χ4v) is 3.16. The molecule has 0 aromatic heterocycles. The summed E-state index contributed by atoms with van der Waals surface area (Å²) < 4.78 is 0. The van der Waals surface area contributed by atoms with Crippen molar-refractivity contribution in [3.8, 4) is 0 Å². The van der Waals surface area contributed by atoms with Crippen molar-refractivity contribution in [2.45, 2.75) is 57.6 Å². The average Bonchev–Trinajstić information content (AvgIpc) is 2.76. The van der Waals surface area contributed by atoms with Crippen LogP contribution in [-0.4, -0.2) is 47.7 Å². The Morgan fingerprint density at radius 3 is 2.89 bits per heavy atom. The van der Waals surface area contributed by atoms with Gasteiger partial charge in [-0.2, -0.15) is 0 Å². The first kappa shape index (κ1) is 13.8. The first-order chi connectivity index (χ1) is 8.70. The summed E-state index contributed by atoms with van der Waals surface area (Å²) in [7, 11) is 0. The molecule has 1 saturated heterocycles. The van der Waals surface area contributed by atoms with Crippen LogP contribution in [0.3, 0.4) is 0 Å². The number of hydrogen-bond acceptors (Lipinski definition) is 3. The molecule has 2 aliphatic rings. The molecule has 104 valence electrons. The van der Waals surface area contributed by atoms with Gasteiger partial charge in [0.1, 0.15) is 0 Å². The molecule has 4 heteroatoms. The van der Waals surface area contributed by atoms with Crippen LogP contribution < -0.4 is 5.32 Å². The Hall–Kier alpha value is -0.610. The first-order valence-corrected chi connectivity index (χ1v) is 7.41. The Morgan fingerprint density at radius 1 is 1.39 bits per heavy atom. The number of amides is 1. The summed E-state index contributed by atoms with van der Waals surface area (Å²) in [5.41, 5.74) is 0.